The van der Waals surface area contributed by atoms with Gasteiger partial charge in [-0.3, -0.25) is 5.41 Å². The summed E-state index contributed by atoms with van der Waals surface area (Å²) in [6, 6.07) is 0. The summed E-state index contributed by atoms with van der Waals surface area (Å²) in [4.78, 5) is 0. The summed E-state index contributed by atoms with van der Waals surface area (Å²) >= 11 is 5.07. The summed E-state index contributed by atoms with van der Waals surface area (Å²) in [5, 5.41) is 6.59. The second-order valence-electron chi connectivity index (χ2n) is 0.819. The van der Waals surface area contributed by atoms with Gasteiger partial charge in [-0.15, -0.1) is 12.4 Å². The van der Waals surface area contributed by atoms with Crippen molar-refractivity contribution in [1.29, 1.82) is 5.41 Å². The fourth-order valence-corrected chi connectivity index (χ4v) is 0. The van der Waals surface area contributed by atoms with Crippen molar-refractivity contribution in [2.24, 2.45) is 5.73 Å². The van der Waals surface area contributed by atoms with E-state index in [2.05, 4.69) is 6.58 Å². The van der Waals surface area contributed by atoms with Gasteiger partial charge in [-0.25, -0.2) is 0 Å². The average Bonchev–Trinajstić information content (AvgIpc) is 1.36. The van der Waals surface area contributed by atoms with Crippen molar-refractivity contribution in [3.8, 4) is 0 Å². The lowest BCUT2D eigenvalue weighted by atomic mass is 10.6. The largest absolute Gasteiger partial charge is 0.383 e. The molecule has 0 unspecified atom stereocenters. The van der Waals surface area contributed by atoms with E-state index in [9.17, 15) is 0 Å². The maximum atomic E-state index is 6.50. The van der Waals surface area contributed by atoms with Crippen LogP contribution >= 0.6 is 24.0 Å². The Morgan fingerprint density at radius 3 is 1.86 bits per heavy atom. The van der Waals surface area contributed by atoms with E-state index in [4.69, 9.17) is 22.7 Å². The quantitative estimate of drug-likeness (QED) is 0.416. The fourth-order valence-electron chi connectivity index (χ4n) is 0. The monoisotopic (exact) mass is 140 g/mol. The third-order valence-electron chi connectivity index (χ3n) is 0.292. The number of rotatable bonds is 1. The topological polar surface area (TPSA) is 49.9 Å². The maximum absolute atomic E-state index is 6.50. The molecule has 0 bridgehead atoms. The van der Waals surface area contributed by atoms with Crippen molar-refractivity contribution in [1.82, 2.24) is 0 Å². The van der Waals surface area contributed by atoms with Gasteiger partial charge >= 0.3 is 0 Å². The van der Waals surface area contributed by atoms with Gasteiger partial charge in [0.05, 0.1) is 5.03 Å². The minimum absolute atomic E-state index is 0. The van der Waals surface area contributed by atoms with Crippen LogP contribution in [0.5, 0.6) is 0 Å². The Hall–Kier alpha value is -0.210. The molecule has 42 valence electrons. The molecule has 0 aliphatic carbocycles. The molecular weight excluding hydrogens is 135 g/mol. The number of hydrogen-bond donors (Lipinski definition) is 2. The highest BCUT2D eigenvalue weighted by Gasteiger charge is 1.84. The Morgan fingerprint density at radius 1 is 1.71 bits per heavy atom. The lowest BCUT2D eigenvalue weighted by molar-refractivity contribution is 1.46. The first-order valence-corrected chi connectivity index (χ1v) is 1.71. The second kappa shape index (κ2) is 3.96. The van der Waals surface area contributed by atoms with Crippen LogP contribution in [0.15, 0.2) is 11.6 Å². The van der Waals surface area contributed by atoms with Gasteiger partial charge in [0.25, 0.3) is 0 Å². The Balaban J connectivity index is 0. The summed E-state index contributed by atoms with van der Waals surface area (Å²) in [6.07, 6.45) is 0. The smallest absolute Gasteiger partial charge is 0.133 e. The van der Waals surface area contributed by atoms with Crippen LogP contribution < -0.4 is 5.73 Å². The molecule has 0 rings (SSSR count). The zero-order valence-corrected chi connectivity index (χ0v) is 5.14. The molecule has 4 heteroatoms. The highest BCUT2D eigenvalue weighted by atomic mass is 35.5. The summed E-state index contributed by atoms with van der Waals surface area (Å²) in [6.45, 7) is 3.17. The van der Waals surface area contributed by atoms with E-state index in [0.717, 1.165) is 0 Å². The highest BCUT2D eigenvalue weighted by Crippen LogP contribution is 1.91. The minimum Gasteiger partial charge on any atom is -0.383 e. The van der Waals surface area contributed by atoms with Gasteiger partial charge in [-0.1, -0.05) is 18.2 Å². The molecule has 0 aliphatic heterocycles. The van der Waals surface area contributed by atoms with E-state index in [1.54, 1.807) is 0 Å². The molecule has 0 atom stereocenters. The first-order valence-electron chi connectivity index (χ1n) is 1.33. The second-order valence-corrected chi connectivity index (χ2v) is 1.27. The van der Waals surface area contributed by atoms with Crippen LogP contribution in [0.3, 0.4) is 0 Å². The molecule has 3 N–H and O–H groups in total. The molecule has 2 nitrogen and oxygen atoms in total. The molecule has 0 aromatic rings. The molecule has 0 heterocycles. The predicted octanol–water partition coefficient (Wildman–Crippen LogP) is 1.10. The number of nitrogens with one attached hydrogen (secondary N) is 1. The number of halogens is 2. The summed E-state index contributed by atoms with van der Waals surface area (Å²) < 4.78 is 0. The highest BCUT2D eigenvalue weighted by molar-refractivity contribution is 6.42. The maximum Gasteiger partial charge on any atom is 0.133 e. The summed E-state index contributed by atoms with van der Waals surface area (Å²) in [7, 11) is 0. The number of hydrogen-bond acceptors (Lipinski definition) is 1. The van der Waals surface area contributed by atoms with Crippen molar-refractivity contribution in [2.45, 2.75) is 0 Å². The zero-order valence-electron chi connectivity index (χ0n) is 3.57. The third kappa shape index (κ3) is 5.79. The Kier molecular flexibility index (Phi) is 5.62. The van der Waals surface area contributed by atoms with Crippen molar-refractivity contribution < 1.29 is 0 Å². The first-order chi connectivity index (χ1) is 2.64. The third-order valence-corrected chi connectivity index (χ3v) is 0.496. The van der Waals surface area contributed by atoms with E-state index >= 15 is 0 Å². The fraction of sp³-hybridized carbons (Fsp3) is 0. The number of amidine groups is 1. The van der Waals surface area contributed by atoms with Gasteiger partial charge in [0, 0.05) is 0 Å². The van der Waals surface area contributed by atoms with E-state index in [1.165, 1.54) is 0 Å². The normalized spacial score (nSPS) is 6.43. The Labute approximate surface area is 53.3 Å². The lowest BCUT2D eigenvalue weighted by Gasteiger charge is -1.83. The molecule has 7 heavy (non-hydrogen) atoms. The molecule has 0 amide bonds. The van der Waals surface area contributed by atoms with Crippen LogP contribution in [-0.4, -0.2) is 5.84 Å². The van der Waals surface area contributed by atoms with Crippen molar-refractivity contribution in [3.05, 3.63) is 11.6 Å². The first kappa shape index (κ1) is 9.92. The summed E-state index contributed by atoms with van der Waals surface area (Å²) in [5.74, 6) is -0.170. The lowest BCUT2D eigenvalue weighted by Crippen LogP contribution is -2.07. The van der Waals surface area contributed by atoms with Crippen LogP contribution in [0.1, 0.15) is 0 Å². The average molecular weight is 141 g/mol. The van der Waals surface area contributed by atoms with Crippen LogP contribution in [0.2, 0.25) is 0 Å². The van der Waals surface area contributed by atoms with Crippen molar-refractivity contribution in [2.75, 3.05) is 0 Å². The molecule has 0 spiro atoms. The van der Waals surface area contributed by atoms with Gasteiger partial charge < -0.3 is 5.73 Å². The van der Waals surface area contributed by atoms with Crippen molar-refractivity contribution in [3.63, 3.8) is 0 Å². The standard InChI is InChI=1S/C3H5ClN2.ClH/c1-2(4)3(5)6;/h1H2,(H3,5,6);1H. The molecule has 0 aromatic heterocycles. The number of nitrogens with two attached hydrogens (primary N) is 1. The van der Waals surface area contributed by atoms with E-state index in [0.29, 0.717) is 0 Å². The van der Waals surface area contributed by atoms with Crippen LogP contribution in [0, 0.1) is 5.41 Å². The van der Waals surface area contributed by atoms with Gasteiger partial charge in [0.15, 0.2) is 0 Å². The molecule has 0 saturated carbocycles. The van der Waals surface area contributed by atoms with Gasteiger partial charge in [0.1, 0.15) is 5.84 Å². The molecule has 0 fully saturated rings. The predicted molar refractivity (Wildman–Crippen MR) is 34.2 cm³/mol. The molecular formula is C3H6Cl2N2. The van der Waals surface area contributed by atoms with E-state index in [-0.39, 0.29) is 23.3 Å². The van der Waals surface area contributed by atoms with Gasteiger partial charge in [-0.2, -0.15) is 0 Å². The molecule has 0 radical (unpaired) electrons. The van der Waals surface area contributed by atoms with Crippen LogP contribution in [0.25, 0.3) is 0 Å². The van der Waals surface area contributed by atoms with E-state index < -0.39 is 0 Å². The molecule has 0 saturated heterocycles. The zero-order chi connectivity index (χ0) is 5.15. The van der Waals surface area contributed by atoms with E-state index in [1.807, 2.05) is 0 Å². The Bertz CT molecular complexity index is 76.9. The Morgan fingerprint density at radius 2 is 1.86 bits per heavy atom. The molecule has 0 aliphatic rings. The van der Waals surface area contributed by atoms with Crippen LogP contribution in [0.4, 0.5) is 0 Å². The summed E-state index contributed by atoms with van der Waals surface area (Å²) in [5.41, 5.74) is 4.79. The SMILES string of the molecule is C=C(Cl)C(=N)N.Cl. The van der Waals surface area contributed by atoms with Gasteiger partial charge in [0.2, 0.25) is 0 Å². The van der Waals surface area contributed by atoms with Crippen molar-refractivity contribution >= 4 is 29.8 Å². The van der Waals surface area contributed by atoms with Gasteiger partial charge in [-0.05, 0) is 0 Å². The van der Waals surface area contributed by atoms with Crippen LogP contribution in [-0.2, 0) is 0 Å². The molecule has 0 aromatic carbocycles. The minimum atomic E-state index is -0.170.